The molecule has 1 heterocycles. The lowest BCUT2D eigenvalue weighted by molar-refractivity contribution is -0.141. The standard InChI is InChI=1S/C18H26N2O6S/c1-3-26-15-8-6-13(7-9-15)11-14(18(22)23)12-19-17(21)16-5-4-10-20(16)27(2,24)25/h6-9,14,16H,3-5,10-12H2,1-2H3,(H,19,21)(H,22,23)/t14-,16-/m1/s1. The van der Waals surface area contributed by atoms with E-state index in [9.17, 15) is 23.1 Å². The summed E-state index contributed by atoms with van der Waals surface area (Å²) in [5.41, 5.74) is 0.818. The third kappa shape index (κ3) is 5.93. The van der Waals surface area contributed by atoms with Gasteiger partial charge < -0.3 is 15.2 Å². The van der Waals surface area contributed by atoms with Crippen molar-refractivity contribution in [2.75, 3.05) is 26.0 Å². The molecule has 1 aromatic rings. The maximum atomic E-state index is 12.4. The van der Waals surface area contributed by atoms with Crippen molar-refractivity contribution in [3.8, 4) is 5.75 Å². The van der Waals surface area contributed by atoms with Gasteiger partial charge >= 0.3 is 5.97 Å². The van der Waals surface area contributed by atoms with Crippen LogP contribution in [0, 0.1) is 5.92 Å². The van der Waals surface area contributed by atoms with E-state index in [0.717, 1.165) is 11.8 Å². The van der Waals surface area contributed by atoms with Crippen LogP contribution in [0.3, 0.4) is 0 Å². The van der Waals surface area contributed by atoms with Gasteiger partial charge in [-0.25, -0.2) is 8.42 Å². The van der Waals surface area contributed by atoms with Crippen molar-refractivity contribution >= 4 is 21.9 Å². The number of hydrogen-bond acceptors (Lipinski definition) is 5. The smallest absolute Gasteiger partial charge is 0.308 e. The molecule has 0 bridgehead atoms. The monoisotopic (exact) mass is 398 g/mol. The van der Waals surface area contributed by atoms with Crippen LogP contribution < -0.4 is 10.1 Å². The summed E-state index contributed by atoms with van der Waals surface area (Å²) < 4.78 is 30.0. The van der Waals surface area contributed by atoms with Gasteiger partial charge in [-0.15, -0.1) is 0 Å². The Balaban J connectivity index is 1.96. The zero-order chi connectivity index (χ0) is 20.0. The summed E-state index contributed by atoms with van der Waals surface area (Å²) in [6.45, 7) is 2.68. The summed E-state index contributed by atoms with van der Waals surface area (Å²) in [5, 5.41) is 12.1. The maximum Gasteiger partial charge on any atom is 0.308 e. The van der Waals surface area contributed by atoms with Gasteiger partial charge in [-0.3, -0.25) is 9.59 Å². The summed E-state index contributed by atoms with van der Waals surface area (Å²) in [5.74, 6) is -1.56. The van der Waals surface area contributed by atoms with E-state index in [1.807, 2.05) is 6.92 Å². The lowest BCUT2D eigenvalue weighted by Gasteiger charge is -2.22. The Bertz CT molecular complexity index is 763. The molecule has 27 heavy (non-hydrogen) atoms. The molecule has 0 saturated carbocycles. The summed E-state index contributed by atoms with van der Waals surface area (Å²) >= 11 is 0. The number of carbonyl (C=O) groups is 2. The first-order valence-corrected chi connectivity index (χ1v) is 10.8. The van der Waals surface area contributed by atoms with Crippen LogP contribution in [-0.4, -0.2) is 61.7 Å². The van der Waals surface area contributed by atoms with E-state index in [1.165, 1.54) is 4.31 Å². The van der Waals surface area contributed by atoms with Gasteiger partial charge in [-0.2, -0.15) is 4.31 Å². The fraction of sp³-hybridized carbons (Fsp3) is 0.556. The number of aliphatic carboxylic acids is 1. The number of carboxylic acid groups (broad SMARTS) is 1. The van der Waals surface area contributed by atoms with Gasteiger partial charge in [0.1, 0.15) is 11.8 Å². The van der Waals surface area contributed by atoms with Gasteiger partial charge in [-0.1, -0.05) is 12.1 Å². The number of rotatable bonds is 9. The average Bonchev–Trinajstić information content (AvgIpc) is 3.10. The Labute approximate surface area is 159 Å². The number of amides is 1. The topological polar surface area (TPSA) is 113 Å². The Kier molecular flexibility index (Phi) is 7.20. The number of carboxylic acids is 1. The molecule has 1 aliphatic rings. The molecule has 2 N–H and O–H groups in total. The third-order valence-electron chi connectivity index (χ3n) is 4.52. The van der Waals surface area contributed by atoms with Crippen LogP contribution in [0.15, 0.2) is 24.3 Å². The van der Waals surface area contributed by atoms with Gasteiger partial charge in [-0.05, 0) is 43.9 Å². The van der Waals surface area contributed by atoms with Crippen LogP contribution in [0.2, 0.25) is 0 Å². The first-order chi connectivity index (χ1) is 12.7. The van der Waals surface area contributed by atoms with E-state index < -0.39 is 33.9 Å². The van der Waals surface area contributed by atoms with Crippen LogP contribution >= 0.6 is 0 Å². The lowest BCUT2D eigenvalue weighted by Crippen LogP contribution is -2.47. The van der Waals surface area contributed by atoms with Crippen LogP contribution in [-0.2, 0) is 26.0 Å². The molecule has 2 atom stereocenters. The fourth-order valence-corrected chi connectivity index (χ4v) is 4.28. The molecule has 9 heteroatoms. The molecule has 150 valence electrons. The van der Waals surface area contributed by atoms with Crippen molar-refractivity contribution in [3.05, 3.63) is 29.8 Å². The molecule has 0 spiro atoms. The van der Waals surface area contributed by atoms with Gasteiger partial charge in [0.15, 0.2) is 0 Å². The molecule has 1 saturated heterocycles. The number of ether oxygens (including phenoxy) is 1. The van der Waals surface area contributed by atoms with Gasteiger partial charge in [0.2, 0.25) is 15.9 Å². The molecule has 1 amide bonds. The molecule has 0 aliphatic carbocycles. The largest absolute Gasteiger partial charge is 0.494 e. The minimum absolute atomic E-state index is 0.0600. The van der Waals surface area contributed by atoms with Crippen molar-refractivity contribution in [3.63, 3.8) is 0 Å². The molecule has 1 aliphatic heterocycles. The minimum atomic E-state index is -3.46. The van der Waals surface area contributed by atoms with E-state index in [4.69, 9.17) is 4.74 Å². The first-order valence-electron chi connectivity index (χ1n) is 8.91. The number of carbonyl (C=O) groups excluding carboxylic acids is 1. The molecule has 0 aromatic heterocycles. The van der Waals surface area contributed by atoms with Crippen molar-refractivity contribution < 1.29 is 27.9 Å². The van der Waals surface area contributed by atoms with Crippen LogP contribution in [0.1, 0.15) is 25.3 Å². The van der Waals surface area contributed by atoms with Gasteiger partial charge in [0, 0.05) is 13.1 Å². The van der Waals surface area contributed by atoms with Crippen molar-refractivity contribution in [2.45, 2.75) is 32.2 Å². The zero-order valence-corrected chi connectivity index (χ0v) is 16.4. The van der Waals surface area contributed by atoms with E-state index in [0.29, 0.717) is 31.7 Å². The number of benzene rings is 1. The quantitative estimate of drug-likeness (QED) is 0.638. The molecule has 8 nitrogen and oxygen atoms in total. The normalized spacial score (nSPS) is 18.8. The highest BCUT2D eigenvalue weighted by Crippen LogP contribution is 2.21. The highest BCUT2D eigenvalue weighted by Gasteiger charge is 2.36. The molecule has 1 aromatic carbocycles. The lowest BCUT2D eigenvalue weighted by atomic mass is 9.99. The summed E-state index contributed by atoms with van der Waals surface area (Å²) in [6, 6.07) is 6.38. The predicted molar refractivity (Wildman–Crippen MR) is 100 cm³/mol. The molecule has 0 unspecified atom stereocenters. The van der Waals surface area contributed by atoms with Crippen LogP contribution in [0.4, 0.5) is 0 Å². The summed E-state index contributed by atoms with van der Waals surface area (Å²) in [6.07, 6.45) is 2.38. The van der Waals surface area contributed by atoms with Crippen molar-refractivity contribution in [1.29, 1.82) is 0 Å². The molecular weight excluding hydrogens is 372 g/mol. The highest BCUT2D eigenvalue weighted by molar-refractivity contribution is 7.88. The molecule has 1 fully saturated rings. The first kappa shape index (κ1) is 21.2. The maximum absolute atomic E-state index is 12.4. The third-order valence-corrected chi connectivity index (χ3v) is 5.81. The second-order valence-electron chi connectivity index (χ2n) is 6.59. The predicted octanol–water partition coefficient (Wildman–Crippen LogP) is 0.869. The number of nitrogens with zero attached hydrogens (tertiary/aromatic N) is 1. The van der Waals surface area contributed by atoms with E-state index in [2.05, 4.69) is 5.32 Å². The van der Waals surface area contributed by atoms with Crippen molar-refractivity contribution in [1.82, 2.24) is 9.62 Å². The van der Waals surface area contributed by atoms with Crippen molar-refractivity contribution in [2.24, 2.45) is 5.92 Å². The Hall–Kier alpha value is -2.13. The zero-order valence-electron chi connectivity index (χ0n) is 15.6. The van der Waals surface area contributed by atoms with E-state index in [-0.39, 0.29) is 13.0 Å². The molecular formula is C18H26N2O6S. The Morgan fingerprint density at radius 1 is 1.33 bits per heavy atom. The number of nitrogens with one attached hydrogen (secondary N) is 1. The summed E-state index contributed by atoms with van der Waals surface area (Å²) in [7, 11) is -3.46. The molecule has 0 radical (unpaired) electrons. The fourth-order valence-electron chi connectivity index (χ4n) is 3.16. The Morgan fingerprint density at radius 3 is 2.56 bits per heavy atom. The second kappa shape index (κ2) is 9.18. The minimum Gasteiger partial charge on any atom is -0.494 e. The van der Waals surface area contributed by atoms with E-state index in [1.54, 1.807) is 24.3 Å². The average molecular weight is 398 g/mol. The SMILES string of the molecule is CCOc1ccc(C[C@H](CNC(=O)[C@H]2CCCN2S(C)(=O)=O)C(=O)O)cc1. The molecule has 2 rings (SSSR count). The van der Waals surface area contributed by atoms with Crippen LogP contribution in [0.5, 0.6) is 5.75 Å². The van der Waals surface area contributed by atoms with Crippen LogP contribution in [0.25, 0.3) is 0 Å². The van der Waals surface area contributed by atoms with E-state index >= 15 is 0 Å². The summed E-state index contributed by atoms with van der Waals surface area (Å²) in [4.78, 5) is 23.9. The Morgan fingerprint density at radius 2 is 2.00 bits per heavy atom. The highest BCUT2D eigenvalue weighted by atomic mass is 32.2. The van der Waals surface area contributed by atoms with Gasteiger partial charge in [0.25, 0.3) is 0 Å². The van der Waals surface area contributed by atoms with Gasteiger partial charge in [0.05, 0.1) is 18.8 Å². The number of hydrogen-bond donors (Lipinski definition) is 2. The second-order valence-corrected chi connectivity index (χ2v) is 8.53. The number of sulfonamides is 1.